The van der Waals surface area contributed by atoms with E-state index in [0.717, 1.165) is 6.42 Å². The number of ketones is 1. The second-order valence-electron chi connectivity index (χ2n) is 3.93. The number of piperidine rings is 1. The molecule has 1 aliphatic heterocycles. The number of aromatic nitrogens is 1. The zero-order valence-electron chi connectivity index (χ0n) is 9.68. The van der Waals surface area contributed by atoms with Crippen LogP contribution in [0.25, 0.3) is 0 Å². The maximum atomic E-state index is 12.2. The number of likely N-dealkylation sites (tertiary alicyclic amines) is 1. The number of carbonyl (C=O) groups is 2. The zero-order chi connectivity index (χ0) is 12.3. The Bertz CT molecular complexity index is 445. The first-order valence-electron chi connectivity index (χ1n) is 5.52. The highest BCUT2D eigenvalue weighted by Gasteiger charge is 2.24. The van der Waals surface area contributed by atoms with Gasteiger partial charge in [0.25, 0.3) is 5.91 Å². The highest BCUT2D eigenvalue weighted by molar-refractivity contribution is 5.99. The van der Waals surface area contributed by atoms with Crippen molar-refractivity contribution in [3.05, 3.63) is 23.9 Å². The normalized spacial score (nSPS) is 15.8. The third-order valence-corrected chi connectivity index (χ3v) is 2.73. The van der Waals surface area contributed by atoms with E-state index < -0.39 is 0 Å². The molecule has 17 heavy (non-hydrogen) atoms. The molecule has 90 valence electrons. The summed E-state index contributed by atoms with van der Waals surface area (Å²) in [5.74, 6) is 0.214. The number of methoxy groups -OCH3 is 1. The highest BCUT2D eigenvalue weighted by Crippen LogP contribution is 2.18. The molecule has 0 bridgehead atoms. The van der Waals surface area contributed by atoms with E-state index in [0.29, 0.717) is 24.4 Å². The molecule has 5 heteroatoms. The Morgan fingerprint density at radius 2 is 2.35 bits per heavy atom. The zero-order valence-corrected chi connectivity index (χ0v) is 9.68. The summed E-state index contributed by atoms with van der Waals surface area (Å²) in [5.41, 5.74) is 0.407. The van der Waals surface area contributed by atoms with Crippen molar-refractivity contribution in [1.82, 2.24) is 9.88 Å². The minimum Gasteiger partial charge on any atom is -0.480 e. The summed E-state index contributed by atoms with van der Waals surface area (Å²) in [6.07, 6.45) is 2.86. The quantitative estimate of drug-likeness (QED) is 0.762. The standard InChI is InChI=1S/C12H14N2O3/c1-17-11-10(5-2-6-13-11)12(16)14-7-3-4-9(15)8-14/h2,5-6H,3-4,7-8H2,1H3. The van der Waals surface area contributed by atoms with Gasteiger partial charge in [-0.2, -0.15) is 0 Å². The van der Waals surface area contributed by atoms with Crippen molar-refractivity contribution >= 4 is 11.7 Å². The fourth-order valence-electron chi connectivity index (χ4n) is 1.90. The van der Waals surface area contributed by atoms with E-state index in [1.165, 1.54) is 7.11 Å². The van der Waals surface area contributed by atoms with Gasteiger partial charge in [-0.1, -0.05) is 0 Å². The summed E-state index contributed by atoms with van der Waals surface area (Å²) in [4.78, 5) is 29.0. The molecule has 1 fully saturated rings. The van der Waals surface area contributed by atoms with Crippen molar-refractivity contribution in [2.45, 2.75) is 12.8 Å². The van der Waals surface area contributed by atoms with E-state index in [9.17, 15) is 9.59 Å². The van der Waals surface area contributed by atoms with Gasteiger partial charge >= 0.3 is 0 Å². The van der Waals surface area contributed by atoms with Gasteiger partial charge in [0, 0.05) is 19.2 Å². The molecule has 0 spiro atoms. The largest absolute Gasteiger partial charge is 0.480 e. The van der Waals surface area contributed by atoms with Gasteiger partial charge in [0.15, 0.2) is 5.78 Å². The third kappa shape index (κ3) is 2.43. The van der Waals surface area contributed by atoms with Gasteiger partial charge in [-0.15, -0.1) is 0 Å². The molecular formula is C12H14N2O3. The van der Waals surface area contributed by atoms with Crippen LogP contribution in [0.2, 0.25) is 0 Å². The minimum atomic E-state index is -0.192. The molecule has 1 aromatic rings. The number of carbonyl (C=O) groups excluding carboxylic acids is 2. The number of pyridine rings is 1. The summed E-state index contributed by atoms with van der Waals surface area (Å²) in [5, 5.41) is 0. The molecule has 0 aromatic carbocycles. The maximum Gasteiger partial charge on any atom is 0.259 e. The number of nitrogens with zero attached hydrogens (tertiary/aromatic N) is 2. The predicted octanol–water partition coefficient (Wildman–Crippen LogP) is 0.895. The monoisotopic (exact) mass is 234 g/mol. The number of hydrogen-bond acceptors (Lipinski definition) is 4. The fourth-order valence-corrected chi connectivity index (χ4v) is 1.90. The Kier molecular flexibility index (Phi) is 3.37. The molecule has 0 saturated carbocycles. The summed E-state index contributed by atoms with van der Waals surface area (Å²) in [7, 11) is 1.47. The average molecular weight is 234 g/mol. The van der Waals surface area contributed by atoms with Gasteiger partial charge in [-0.05, 0) is 18.6 Å². The van der Waals surface area contributed by atoms with E-state index in [-0.39, 0.29) is 18.2 Å². The SMILES string of the molecule is COc1ncccc1C(=O)N1CCCC(=O)C1. The fraction of sp³-hybridized carbons (Fsp3) is 0.417. The van der Waals surface area contributed by atoms with Gasteiger partial charge < -0.3 is 9.64 Å². The summed E-state index contributed by atoms with van der Waals surface area (Å²) in [6.45, 7) is 0.805. The van der Waals surface area contributed by atoms with Gasteiger partial charge in [0.1, 0.15) is 5.56 Å². The van der Waals surface area contributed by atoms with Crippen LogP contribution in [0.1, 0.15) is 23.2 Å². The predicted molar refractivity (Wildman–Crippen MR) is 60.9 cm³/mol. The molecule has 1 aromatic heterocycles. The smallest absolute Gasteiger partial charge is 0.259 e. The van der Waals surface area contributed by atoms with Crippen LogP contribution in [-0.2, 0) is 4.79 Å². The van der Waals surface area contributed by atoms with Gasteiger partial charge in [-0.25, -0.2) is 4.98 Å². The van der Waals surface area contributed by atoms with E-state index in [4.69, 9.17) is 4.74 Å². The third-order valence-electron chi connectivity index (χ3n) is 2.73. The molecular weight excluding hydrogens is 220 g/mol. The molecule has 2 heterocycles. The lowest BCUT2D eigenvalue weighted by molar-refractivity contribution is -0.121. The van der Waals surface area contributed by atoms with Crippen molar-refractivity contribution in [3.8, 4) is 5.88 Å². The van der Waals surface area contributed by atoms with Crippen molar-refractivity contribution in [2.75, 3.05) is 20.2 Å². The van der Waals surface area contributed by atoms with Crippen LogP contribution in [0.5, 0.6) is 5.88 Å². The lowest BCUT2D eigenvalue weighted by Crippen LogP contribution is -2.40. The van der Waals surface area contributed by atoms with Gasteiger partial charge in [0.05, 0.1) is 13.7 Å². The van der Waals surface area contributed by atoms with Crippen molar-refractivity contribution < 1.29 is 14.3 Å². The van der Waals surface area contributed by atoms with Crippen LogP contribution < -0.4 is 4.74 Å². The van der Waals surface area contributed by atoms with Crippen LogP contribution in [0.15, 0.2) is 18.3 Å². The summed E-state index contributed by atoms with van der Waals surface area (Å²) < 4.78 is 5.04. The average Bonchev–Trinajstić information content (AvgIpc) is 2.38. The Morgan fingerprint density at radius 3 is 3.06 bits per heavy atom. The molecule has 0 aliphatic carbocycles. The molecule has 2 rings (SSSR count). The molecule has 0 N–H and O–H groups in total. The van der Waals surface area contributed by atoms with Crippen LogP contribution in [-0.4, -0.2) is 41.8 Å². The topological polar surface area (TPSA) is 59.5 Å². The first-order chi connectivity index (χ1) is 8.22. The molecule has 1 aliphatic rings. The lowest BCUT2D eigenvalue weighted by atomic mass is 10.1. The lowest BCUT2D eigenvalue weighted by Gasteiger charge is -2.26. The summed E-state index contributed by atoms with van der Waals surface area (Å²) >= 11 is 0. The molecule has 5 nitrogen and oxygen atoms in total. The summed E-state index contributed by atoms with van der Waals surface area (Å²) in [6, 6.07) is 3.34. The van der Waals surface area contributed by atoms with Gasteiger partial charge in [0.2, 0.25) is 5.88 Å². The van der Waals surface area contributed by atoms with Crippen LogP contribution >= 0.6 is 0 Å². The molecule has 1 saturated heterocycles. The number of rotatable bonds is 2. The number of hydrogen-bond donors (Lipinski definition) is 0. The highest BCUT2D eigenvalue weighted by atomic mass is 16.5. The first kappa shape index (κ1) is 11.6. The number of ether oxygens (including phenoxy) is 1. The molecule has 0 atom stereocenters. The second kappa shape index (κ2) is 4.95. The van der Waals surface area contributed by atoms with Crippen LogP contribution in [0, 0.1) is 0 Å². The molecule has 0 unspecified atom stereocenters. The van der Waals surface area contributed by atoms with Crippen molar-refractivity contribution in [1.29, 1.82) is 0 Å². The minimum absolute atomic E-state index is 0.104. The maximum absolute atomic E-state index is 12.2. The van der Waals surface area contributed by atoms with E-state index in [1.807, 2.05) is 0 Å². The van der Waals surface area contributed by atoms with E-state index in [1.54, 1.807) is 23.2 Å². The van der Waals surface area contributed by atoms with Crippen molar-refractivity contribution in [3.63, 3.8) is 0 Å². The van der Waals surface area contributed by atoms with Crippen LogP contribution in [0.4, 0.5) is 0 Å². The van der Waals surface area contributed by atoms with Gasteiger partial charge in [-0.3, -0.25) is 9.59 Å². The van der Waals surface area contributed by atoms with Crippen molar-refractivity contribution in [2.24, 2.45) is 0 Å². The Balaban J connectivity index is 2.21. The first-order valence-corrected chi connectivity index (χ1v) is 5.52. The Morgan fingerprint density at radius 1 is 1.53 bits per heavy atom. The van der Waals surface area contributed by atoms with E-state index in [2.05, 4.69) is 4.98 Å². The molecule has 1 amide bonds. The molecule has 0 radical (unpaired) electrons. The van der Waals surface area contributed by atoms with Crippen LogP contribution in [0.3, 0.4) is 0 Å². The number of Topliss-reactive ketones (excluding diaryl/α,β-unsaturated/α-hetero) is 1. The van der Waals surface area contributed by atoms with E-state index >= 15 is 0 Å². The Hall–Kier alpha value is -1.91. The number of amides is 1. The second-order valence-corrected chi connectivity index (χ2v) is 3.93. The Labute approximate surface area is 99.4 Å².